The van der Waals surface area contributed by atoms with E-state index >= 15 is 0 Å². The van der Waals surface area contributed by atoms with E-state index in [0.29, 0.717) is 0 Å². The van der Waals surface area contributed by atoms with Gasteiger partial charge in [0.05, 0.1) is 11.9 Å². The van der Waals surface area contributed by atoms with Gasteiger partial charge in [-0.15, -0.1) is 0 Å². The zero-order valence-electron chi connectivity index (χ0n) is 13.2. The molecule has 0 aliphatic carbocycles. The summed E-state index contributed by atoms with van der Waals surface area (Å²) < 4.78 is 1.82. The molecule has 0 saturated carbocycles. The van der Waals surface area contributed by atoms with E-state index in [2.05, 4.69) is 50.3 Å². The van der Waals surface area contributed by atoms with Gasteiger partial charge in [-0.05, 0) is 18.6 Å². The van der Waals surface area contributed by atoms with Crippen LogP contribution < -0.4 is 4.90 Å². The molecule has 0 N–H and O–H groups in total. The summed E-state index contributed by atoms with van der Waals surface area (Å²) in [6.07, 6.45) is 7.47. The third-order valence-electron chi connectivity index (χ3n) is 4.38. The third-order valence-corrected chi connectivity index (χ3v) is 4.38. The van der Waals surface area contributed by atoms with Crippen molar-refractivity contribution in [3.05, 3.63) is 60.3 Å². The van der Waals surface area contributed by atoms with Crippen molar-refractivity contribution in [2.45, 2.75) is 12.8 Å². The van der Waals surface area contributed by atoms with E-state index in [1.165, 1.54) is 11.3 Å². The van der Waals surface area contributed by atoms with E-state index in [4.69, 9.17) is 0 Å². The fourth-order valence-electron chi connectivity index (χ4n) is 3.22. The first-order valence-electron chi connectivity index (χ1n) is 7.93. The molecule has 3 aromatic rings. The molecular weight excluding hydrogens is 286 g/mol. The molecule has 1 aromatic carbocycles. The first-order chi connectivity index (χ1) is 11.3. The minimum Gasteiger partial charge on any atom is -0.371 e. The Morgan fingerprint density at radius 1 is 1.00 bits per heavy atom. The summed E-state index contributed by atoms with van der Waals surface area (Å²) in [4.78, 5) is 11.5. The number of hydrogen-bond donors (Lipinski definition) is 0. The Kier molecular flexibility index (Phi) is 3.54. The Morgan fingerprint density at radius 2 is 1.83 bits per heavy atom. The number of benzene rings is 1. The summed E-state index contributed by atoms with van der Waals surface area (Å²) >= 11 is 0. The summed E-state index contributed by atoms with van der Waals surface area (Å²) in [7, 11) is 1.93. The largest absolute Gasteiger partial charge is 0.371 e. The molecule has 23 heavy (non-hydrogen) atoms. The van der Waals surface area contributed by atoms with E-state index < -0.39 is 0 Å². The highest BCUT2D eigenvalue weighted by molar-refractivity contribution is 5.63. The number of hydrogen-bond acceptors (Lipinski definition) is 4. The molecule has 0 fully saturated rings. The molecule has 3 heterocycles. The Hall–Kier alpha value is -2.69. The molecule has 116 valence electrons. The lowest BCUT2D eigenvalue weighted by Crippen LogP contribution is -2.25. The van der Waals surface area contributed by atoms with Crippen molar-refractivity contribution in [3.8, 4) is 11.3 Å². The van der Waals surface area contributed by atoms with Gasteiger partial charge in [0, 0.05) is 55.3 Å². The van der Waals surface area contributed by atoms with Crippen LogP contribution in [0.5, 0.6) is 0 Å². The lowest BCUT2D eigenvalue weighted by Gasteiger charge is -2.22. The standard InChI is InChI=1S/C18H19N5/c1-22-12-14(11-21-22)18-16-7-9-23(15-5-3-2-4-6-15)10-8-17(16)19-13-20-18/h2-6,11-13H,7-10H2,1H3. The summed E-state index contributed by atoms with van der Waals surface area (Å²) in [5.41, 5.74) is 5.80. The molecule has 5 heteroatoms. The van der Waals surface area contributed by atoms with Crippen LogP contribution in [0, 0.1) is 0 Å². The molecule has 0 atom stereocenters. The number of aryl methyl sites for hydroxylation is 1. The molecule has 5 nitrogen and oxygen atoms in total. The van der Waals surface area contributed by atoms with E-state index in [0.717, 1.165) is 42.9 Å². The maximum Gasteiger partial charge on any atom is 0.116 e. The van der Waals surface area contributed by atoms with Crippen LogP contribution in [0.2, 0.25) is 0 Å². The van der Waals surface area contributed by atoms with Gasteiger partial charge >= 0.3 is 0 Å². The van der Waals surface area contributed by atoms with Crippen LogP contribution in [0.3, 0.4) is 0 Å². The molecule has 1 aliphatic rings. The molecule has 0 radical (unpaired) electrons. The Bertz CT molecular complexity index is 809. The average molecular weight is 305 g/mol. The van der Waals surface area contributed by atoms with E-state index in [1.54, 1.807) is 6.33 Å². The highest BCUT2D eigenvalue weighted by Crippen LogP contribution is 2.26. The van der Waals surface area contributed by atoms with Gasteiger partial charge in [-0.1, -0.05) is 18.2 Å². The van der Waals surface area contributed by atoms with Crippen LogP contribution in [-0.2, 0) is 19.9 Å². The summed E-state index contributed by atoms with van der Waals surface area (Å²) in [6, 6.07) is 10.6. The smallest absolute Gasteiger partial charge is 0.116 e. The van der Waals surface area contributed by atoms with Crippen molar-refractivity contribution in [1.29, 1.82) is 0 Å². The van der Waals surface area contributed by atoms with Gasteiger partial charge in [-0.3, -0.25) is 4.68 Å². The van der Waals surface area contributed by atoms with E-state index in [9.17, 15) is 0 Å². The zero-order chi connectivity index (χ0) is 15.6. The van der Waals surface area contributed by atoms with Crippen LogP contribution in [0.25, 0.3) is 11.3 Å². The number of rotatable bonds is 2. The highest BCUT2D eigenvalue weighted by atomic mass is 15.2. The second-order valence-corrected chi connectivity index (χ2v) is 5.87. The van der Waals surface area contributed by atoms with Crippen LogP contribution in [0.1, 0.15) is 11.3 Å². The normalized spacial score (nSPS) is 14.4. The first kappa shape index (κ1) is 13.9. The van der Waals surface area contributed by atoms with Crippen LogP contribution in [0.15, 0.2) is 49.1 Å². The number of fused-ring (bicyclic) bond motifs is 1. The molecule has 0 saturated heterocycles. The SMILES string of the molecule is Cn1cc(-c2ncnc3c2CCN(c2ccccc2)CC3)cn1. The maximum absolute atomic E-state index is 4.54. The van der Waals surface area contributed by atoms with Crippen molar-refractivity contribution < 1.29 is 0 Å². The molecule has 0 unspecified atom stereocenters. The molecular formula is C18H19N5. The van der Waals surface area contributed by atoms with E-state index in [-0.39, 0.29) is 0 Å². The minimum absolute atomic E-state index is 0.944. The molecule has 4 rings (SSSR count). The maximum atomic E-state index is 4.54. The van der Waals surface area contributed by atoms with Crippen molar-refractivity contribution in [2.75, 3.05) is 18.0 Å². The fourth-order valence-corrected chi connectivity index (χ4v) is 3.22. The van der Waals surface area contributed by atoms with Gasteiger partial charge in [0.1, 0.15) is 6.33 Å². The average Bonchev–Trinajstić information content (AvgIpc) is 2.90. The Morgan fingerprint density at radius 3 is 2.61 bits per heavy atom. The summed E-state index contributed by atoms with van der Waals surface area (Å²) in [5, 5.41) is 4.27. The quantitative estimate of drug-likeness (QED) is 0.730. The van der Waals surface area contributed by atoms with Gasteiger partial charge in [-0.25, -0.2) is 9.97 Å². The monoisotopic (exact) mass is 305 g/mol. The van der Waals surface area contributed by atoms with Crippen molar-refractivity contribution in [1.82, 2.24) is 19.7 Å². The summed E-state index contributed by atoms with van der Waals surface area (Å²) in [5.74, 6) is 0. The van der Waals surface area contributed by atoms with Gasteiger partial charge < -0.3 is 4.90 Å². The number of nitrogens with zero attached hydrogens (tertiary/aromatic N) is 5. The first-order valence-corrected chi connectivity index (χ1v) is 7.93. The van der Waals surface area contributed by atoms with Crippen molar-refractivity contribution in [3.63, 3.8) is 0 Å². The lowest BCUT2D eigenvalue weighted by molar-refractivity contribution is 0.768. The molecule has 2 aromatic heterocycles. The second-order valence-electron chi connectivity index (χ2n) is 5.87. The Labute approximate surface area is 135 Å². The van der Waals surface area contributed by atoms with Gasteiger partial charge in [0.2, 0.25) is 0 Å². The minimum atomic E-state index is 0.944. The van der Waals surface area contributed by atoms with Gasteiger partial charge in [-0.2, -0.15) is 5.10 Å². The van der Waals surface area contributed by atoms with Crippen LogP contribution in [-0.4, -0.2) is 32.8 Å². The third kappa shape index (κ3) is 2.70. The predicted molar refractivity (Wildman–Crippen MR) is 90.3 cm³/mol. The van der Waals surface area contributed by atoms with Crippen molar-refractivity contribution >= 4 is 5.69 Å². The second kappa shape index (κ2) is 5.83. The molecule has 0 amide bonds. The van der Waals surface area contributed by atoms with Gasteiger partial charge in [0.25, 0.3) is 0 Å². The predicted octanol–water partition coefficient (Wildman–Crippen LogP) is 2.48. The topological polar surface area (TPSA) is 46.8 Å². The number of para-hydroxylation sites is 1. The number of aromatic nitrogens is 4. The lowest BCUT2D eigenvalue weighted by atomic mass is 10.0. The Balaban J connectivity index is 1.66. The summed E-state index contributed by atoms with van der Waals surface area (Å²) in [6.45, 7) is 1.97. The van der Waals surface area contributed by atoms with Crippen LogP contribution >= 0.6 is 0 Å². The number of anilines is 1. The molecule has 1 aliphatic heterocycles. The highest BCUT2D eigenvalue weighted by Gasteiger charge is 2.19. The zero-order valence-corrected chi connectivity index (χ0v) is 13.2. The van der Waals surface area contributed by atoms with Gasteiger partial charge in [0.15, 0.2) is 0 Å². The van der Waals surface area contributed by atoms with E-state index in [1.807, 2.05) is 24.1 Å². The van der Waals surface area contributed by atoms with Crippen LogP contribution in [0.4, 0.5) is 5.69 Å². The van der Waals surface area contributed by atoms with Crippen molar-refractivity contribution in [2.24, 2.45) is 7.05 Å². The fraction of sp³-hybridized carbons (Fsp3) is 0.278. The molecule has 0 bridgehead atoms. The molecule has 0 spiro atoms.